The third-order valence-electron chi connectivity index (χ3n) is 3.25. The Bertz CT molecular complexity index is 450. The van der Waals surface area contributed by atoms with Gasteiger partial charge >= 0.3 is 0 Å². The number of benzene rings is 1. The van der Waals surface area contributed by atoms with Gasteiger partial charge in [-0.2, -0.15) is 0 Å². The summed E-state index contributed by atoms with van der Waals surface area (Å²) in [7, 11) is 2.05. The fourth-order valence-electron chi connectivity index (χ4n) is 2.11. The minimum atomic E-state index is -0.484. The van der Waals surface area contributed by atoms with Crippen LogP contribution in [0.25, 0.3) is 0 Å². The molecule has 0 atom stereocenters. The van der Waals surface area contributed by atoms with Gasteiger partial charge in [0.1, 0.15) is 5.82 Å². The van der Waals surface area contributed by atoms with Crippen LogP contribution in [0.15, 0.2) is 18.2 Å². The van der Waals surface area contributed by atoms with Gasteiger partial charge in [-0.05, 0) is 38.2 Å². The average Bonchev–Trinajstić information content (AvgIpc) is 2.57. The van der Waals surface area contributed by atoms with Crippen LogP contribution in [0.4, 0.5) is 10.1 Å². The largest absolute Gasteiger partial charge is 0.396 e. The highest BCUT2D eigenvalue weighted by molar-refractivity contribution is 5.95. The maximum atomic E-state index is 13.1. The van der Waals surface area contributed by atoms with E-state index >= 15 is 0 Å². The zero-order chi connectivity index (χ0) is 13.1. The zero-order valence-corrected chi connectivity index (χ0v) is 10.5. The standard InChI is InChI=1S/C13H18FN3O/c1-16-5-2-6-17(8-7-16)13(18)10-3-4-11(14)12(15)9-10/h3-4,9H,2,5-8,15H2,1H3. The number of halogens is 1. The second kappa shape index (κ2) is 5.35. The molecule has 1 aromatic carbocycles. The van der Waals surface area contributed by atoms with Crippen molar-refractivity contribution in [2.75, 3.05) is 39.0 Å². The summed E-state index contributed by atoms with van der Waals surface area (Å²) in [6, 6.07) is 4.14. The number of carbonyl (C=O) groups excluding carboxylic acids is 1. The van der Waals surface area contributed by atoms with Gasteiger partial charge in [-0.3, -0.25) is 4.79 Å². The number of hydrogen-bond donors (Lipinski definition) is 1. The van der Waals surface area contributed by atoms with Crippen molar-refractivity contribution in [3.8, 4) is 0 Å². The highest BCUT2D eigenvalue weighted by atomic mass is 19.1. The van der Waals surface area contributed by atoms with E-state index in [1.54, 1.807) is 4.90 Å². The van der Waals surface area contributed by atoms with E-state index < -0.39 is 5.82 Å². The second-order valence-electron chi connectivity index (χ2n) is 4.69. The molecule has 2 rings (SSSR count). The molecule has 0 radical (unpaired) electrons. The quantitative estimate of drug-likeness (QED) is 0.763. The molecule has 0 saturated carbocycles. The van der Waals surface area contributed by atoms with Gasteiger partial charge in [0.2, 0.25) is 0 Å². The van der Waals surface area contributed by atoms with Crippen LogP contribution in [0.5, 0.6) is 0 Å². The van der Waals surface area contributed by atoms with Crippen molar-refractivity contribution in [2.45, 2.75) is 6.42 Å². The lowest BCUT2D eigenvalue weighted by molar-refractivity contribution is 0.0763. The number of anilines is 1. The van der Waals surface area contributed by atoms with Gasteiger partial charge in [0.05, 0.1) is 5.69 Å². The monoisotopic (exact) mass is 251 g/mol. The fraction of sp³-hybridized carbons (Fsp3) is 0.462. The van der Waals surface area contributed by atoms with E-state index in [0.29, 0.717) is 12.1 Å². The molecule has 0 aliphatic carbocycles. The van der Waals surface area contributed by atoms with E-state index in [9.17, 15) is 9.18 Å². The Morgan fingerprint density at radius 1 is 1.28 bits per heavy atom. The van der Waals surface area contributed by atoms with Crippen molar-refractivity contribution in [1.29, 1.82) is 0 Å². The molecule has 1 saturated heterocycles. The minimum absolute atomic E-state index is 0.0211. The molecule has 1 fully saturated rings. The topological polar surface area (TPSA) is 49.6 Å². The Balaban J connectivity index is 2.12. The molecule has 98 valence electrons. The van der Waals surface area contributed by atoms with E-state index in [4.69, 9.17) is 5.73 Å². The number of likely N-dealkylation sites (N-methyl/N-ethyl adjacent to an activating group) is 1. The van der Waals surface area contributed by atoms with E-state index in [0.717, 1.165) is 26.1 Å². The summed E-state index contributed by atoms with van der Waals surface area (Å²) in [5.41, 5.74) is 5.96. The van der Waals surface area contributed by atoms with Crippen molar-refractivity contribution in [3.63, 3.8) is 0 Å². The van der Waals surface area contributed by atoms with Crippen LogP contribution < -0.4 is 5.73 Å². The summed E-state index contributed by atoms with van der Waals surface area (Å²) in [6.45, 7) is 3.30. The Kier molecular flexibility index (Phi) is 3.81. The number of rotatable bonds is 1. The van der Waals surface area contributed by atoms with Crippen LogP contribution in [-0.2, 0) is 0 Å². The summed E-state index contributed by atoms with van der Waals surface area (Å²) in [5.74, 6) is -0.556. The molecule has 0 spiro atoms. The van der Waals surface area contributed by atoms with Crippen molar-refractivity contribution < 1.29 is 9.18 Å². The van der Waals surface area contributed by atoms with Gasteiger partial charge < -0.3 is 15.5 Å². The molecule has 1 aliphatic rings. The molecule has 0 bridgehead atoms. The van der Waals surface area contributed by atoms with E-state index in [1.165, 1.54) is 18.2 Å². The number of hydrogen-bond acceptors (Lipinski definition) is 3. The molecule has 18 heavy (non-hydrogen) atoms. The third-order valence-corrected chi connectivity index (χ3v) is 3.25. The summed E-state index contributed by atoms with van der Waals surface area (Å²) in [5, 5.41) is 0. The minimum Gasteiger partial charge on any atom is -0.396 e. The highest BCUT2D eigenvalue weighted by Gasteiger charge is 2.19. The van der Waals surface area contributed by atoms with Gasteiger partial charge in [0.25, 0.3) is 5.91 Å². The van der Waals surface area contributed by atoms with E-state index in [1.807, 2.05) is 7.05 Å². The second-order valence-corrected chi connectivity index (χ2v) is 4.69. The number of nitrogens with two attached hydrogens (primary N) is 1. The first-order valence-electron chi connectivity index (χ1n) is 6.11. The fourth-order valence-corrected chi connectivity index (χ4v) is 2.11. The van der Waals surface area contributed by atoms with Gasteiger partial charge in [0.15, 0.2) is 0 Å². The molecule has 4 nitrogen and oxygen atoms in total. The number of nitrogens with zero attached hydrogens (tertiary/aromatic N) is 2. The Labute approximate surface area is 106 Å². The maximum Gasteiger partial charge on any atom is 0.253 e. The summed E-state index contributed by atoms with van der Waals surface area (Å²) >= 11 is 0. The summed E-state index contributed by atoms with van der Waals surface area (Å²) in [4.78, 5) is 16.3. The van der Waals surface area contributed by atoms with Gasteiger partial charge in [-0.1, -0.05) is 0 Å². The van der Waals surface area contributed by atoms with Crippen molar-refractivity contribution in [1.82, 2.24) is 9.80 Å². The average molecular weight is 251 g/mol. The Morgan fingerprint density at radius 3 is 2.78 bits per heavy atom. The lowest BCUT2D eigenvalue weighted by atomic mass is 10.1. The summed E-state index contributed by atoms with van der Waals surface area (Å²) in [6.07, 6.45) is 0.957. The first-order valence-corrected chi connectivity index (χ1v) is 6.11. The maximum absolute atomic E-state index is 13.1. The molecular weight excluding hydrogens is 233 g/mol. The molecule has 0 aromatic heterocycles. The van der Waals surface area contributed by atoms with Gasteiger partial charge in [-0.15, -0.1) is 0 Å². The third kappa shape index (κ3) is 2.79. The van der Waals surface area contributed by atoms with Crippen LogP contribution in [0.2, 0.25) is 0 Å². The van der Waals surface area contributed by atoms with Crippen molar-refractivity contribution in [3.05, 3.63) is 29.6 Å². The molecule has 1 heterocycles. The molecule has 0 unspecified atom stereocenters. The molecule has 5 heteroatoms. The molecule has 1 aliphatic heterocycles. The van der Waals surface area contributed by atoms with Crippen molar-refractivity contribution >= 4 is 11.6 Å². The number of carbonyl (C=O) groups is 1. The first-order chi connectivity index (χ1) is 8.58. The SMILES string of the molecule is CN1CCCN(C(=O)c2ccc(F)c(N)c2)CC1. The molecule has 1 aromatic rings. The first kappa shape index (κ1) is 12.8. The molecular formula is C13H18FN3O. The van der Waals surface area contributed by atoms with E-state index in [-0.39, 0.29) is 11.6 Å². The lowest BCUT2D eigenvalue weighted by Crippen LogP contribution is -2.34. The lowest BCUT2D eigenvalue weighted by Gasteiger charge is -2.20. The molecule has 2 N–H and O–H groups in total. The predicted octanol–water partition coefficient (Wildman–Crippen LogP) is 1.19. The number of nitrogen functional groups attached to an aromatic ring is 1. The van der Waals surface area contributed by atoms with Crippen LogP contribution in [0, 0.1) is 5.82 Å². The normalized spacial score (nSPS) is 17.6. The number of amides is 1. The Hall–Kier alpha value is -1.62. The predicted molar refractivity (Wildman–Crippen MR) is 68.8 cm³/mol. The van der Waals surface area contributed by atoms with Crippen LogP contribution in [0.3, 0.4) is 0 Å². The van der Waals surface area contributed by atoms with Crippen LogP contribution in [-0.4, -0.2) is 48.9 Å². The van der Waals surface area contributed by atoms with Gasteiger partial charge in [0, 0.05) is 25.2 Å². The zero-order valence-electron chi connectivity index (χ0n) is 10.5. The smallest absolute Gasteiger partial charge is 0.253 e. The van der Waals surface area contributed by atoms with Gasteiger partial charge in [-0.25, -0.2) is 4.39 Å². The summed E-state index contributed by atoms with van der Waals surface area (Å²) < 4.78 is 13.1. The molecule has 1 amide bonds. The van der Waals surface area contributed by atoms with E-state index in [2.05, 4.69) is 4.90 Å². The highest BCUT2D eigenvalue weighted by Crippen LogP contribution is 2.15. The van der Waals surface area contributed by atoms with Crippen LogP contribution >= 0.6 is 0 Å². The van der Waals surface area contributed by atoms with Crippen molar-refractivity contribution in [2.24, 2.45) is 0 Å². The Morgan fingerprint density at radius 2 is 2.06 bits per heavy atom. The van der Waals surface area contributed by atoms with Crippen LogP contribution in [0.1, 0.15) is 16.8 Å².